The van der Waals surface area contributed by atoms with Gasteiger partial charge < -0.3 is 21.1 Å². The lowest BCUT2D eigenvalue weighted by Gasteiger charge is -2.30. The molecule has 0 spiro atoms. The Kier molecular flexibility index (Phi) is 9.40. The number of amides is 3. The van der Waals surface area contributed by atoms with Gasteiger partial charge >= 0.3 is 6.03 Å². The number of carbonyl (C=O) groups excluding carboxylic acids is 2. The van der Waals surface area contributed by atoms with E-state index in [4.69, 9.17) is 10.5 Å². The van der Waals surface area contributed by atoms with Crippen molar-refractivity contribution in [2.45, 2.75) is 78.4 Å². The lowest BCUT2D eigenvalue weighted by molar-refractivity contribution is 0.0980. The first kappa shape index (κ1) is 24.0. The number of pyridine rings is 1. The number of hydrogen-bond acceptors (Lipinski definition) is 4. The highest BCUT2D eigenvalue weighted by molar-refractivity contribution is 5.94. The van der Waals surface area contributed by atoms with Crippen LogP contribution >= 0.6 is 0 Å². The molecule has 2 rings (SSSR count). The van der Waals surface area contributed by atoms with Crippen LogP contribution in [0, 0.1) is 17.8 Å². The fraction of sp³-hybridized carbons (Fsp3) is 0.696. The fourth-order valence-electron chi connectivity index (χ4n) is 4.22. The van der Waals surface area contributed by atoms with Crippen LogP contribution in [0.2, 0.25) is 0 Å². The van der Waals surface area contributed by atoms with Crippen LogP contribution in [0.5, 0.6) is 5.88 Å². The maximum Gasteiger partial charge on any atom is 0.315 e. The predicted molar refractivity (Wildman–Crippen MR) is 118 cm³/mol. The fourth-order valence-corrected chi connectivity index (χ4v) is 4.22. The number of hydrogen-bond donors (Lipinski definition) is 3. The molecule has 168 valence electrons. The summed E-state index contributed by atoms with van der Waals surface area (Å²) in [6, 6.07) is 3.34. The maximum atomic E-state index is 12.4. The Labute approximate surface area is 180 Å². The summed E-state index contributed by atoms with van der Waals surface area (Å²) in [5.41, 5.74) is 5.69. The molecular formula is C23H38N4O3. The van der Waals surface area contributed by atoms with Crippen molar-refractivity contribution in [3.8, 4) is 5.88 Å². The molecule has 1 fully saturated rings. The number of primary amides is 1. The summed E-state index contributed by atoms with van der Waals surface area (Å²) in [5.74, 6) is 1.52. The standard InChI is InChI=1S/C23H38N4O3/c1-15(2)12-17(13-16(3)4)14-26-23(29)27-18-7-9-19(10-8-18)30-22-20(21(24)28)6-5-11-25-22/h5-6,11,15-19H,7-10,12-14H2,1-4H3,(H2,24,28)(H2,26,27,29)/t18-,19-. The van der Waals surface area contributed by atoms with E-state index in [0.717, 1.165) is 45.1 Å². The average molecular weight is 419 g/mol. The lowest BCUT2D eigenvalue weighted by Crippen LogP contribution is -2.46. The number of nitrogens with zero attached hydrogens (tertiary/aromatic N) is 1. The van der Waals surface area contributed by atoms with Crippen molar-refractivity contribution in [3.05, 3.63) is 23.9 Å². The van der Waals surface area contributed by atoms with Gasteiger partial charge in [0, 0.05) is 18.8 Å². The molecule has 0 aromatic carbocycles. The van der Waals surface area contributed by atoms with Gasteiger partial charge in [0.15, 0.2) is 0 Å². The van der Waals surface area contributed by atoms with Gasteiger partial charge in [0.2, 0.25) is 5.88 Å². The minimum atomic E-state index is -0.543. The van der Waals surface area contributed by atoms with E-state index in [2.05, 4.69) is 43.3 Å². The SMILES string of the molecule is CC(C)CC(CNC(=O)N[C@H]1CC[C@H](Oc2ncccc2C(N)=O)CC1)CC(C)C. The molecule has 1 saturated carbocycles. The minimum Gasteiger partial charge on any atom is -0.474 e. The molecule has 0 atom stereocenters. The van der Waals surface area contributed by atoms with E-state index in [1.165, 1.54) is 0 Å². The highest BCUT2D eigenvalue weighted by atomic mass is 16.5. The first-order valence-corrected chi connectivity index (χ1v) is 11.2. The third-order valence-corrected chi connectivity index (χ3v) is 5.49. The van der Waals surface area contributed by atoms with Crippen molar-refractivity contribution in [2.75, 3.05) is 6.54 Å². The number of nitrogens with two attached hydrogens (primary N) is 1. The number of rotatable bonds is 10. The Balaban J connectivity index is 1.75. The Morgan fingerprint density at radius 1 is 1.13 bits per heavy atom. The van der Waals surface area contributed by atoms with E-state index in [-0.39, 0.29) is 18.2 Å². The molecule has 1 aromatic rings. The second kappa shape index (κ2) is 11.8. The van der Waals surface area contributed by atoms with Crippen LogP contribution in [-0.2, 0) is 0 Å². The summed E-state index contributed by atoms with van der Waals surface area (Å²) in [6.45, 7) is 9.63. The number of urea groups is 1. The highest BCUT2D eigenvalue weighted by Crippen LogP contribution is 2.25. The first-order valence-electron chi connectivity index (χ1n) is 11.2. The Morgan fingerprint density at radius 3 is 2.33 bits per heavy atom. The molecule has 30 heavy (non-hydrogen) atoms. The molecule has 1 aliphatic rings. The molecule has 1 heterocycles. The van der Waals surface area contributed by atoms with Crippen LogP contribution in [0.4, 0.5) is 4.79 Å². The second-order valence-electron chi connectivity index (χ2n) is 9.29. The molecule has 1 aliphatic carbocycles. The van der Waals surface area contributed by atoms with Gasteiger partial charge in [-0.1, -0.05) is 27.7 Å². The molecule has 3 amide bonds. The zero-order chi connectivity index (χ0) is 22.1. The number of carbonyl (C=O) groups is 2. The van der Waals surface area contributed by atoms with Crippen LogP contribution in [0.25, 0.3) is 0 Å². The summed E-state index contributed by atoms with van der Waals surface area (Å²) in [7, 11) is 0. The Morgan fingerprint density at radius 2 is 1.77 bits per heavy atom. The summed E-state index contributed by atoms with van der Waals surface area (Å²) >= 11 is 0. The van der Waals surface area contributed by atoms with Gasteiger partial charge in [-0.15, -0.1) is 0 Å². The van der Waals surface area contributed by atoms with Crippen LogP contribution in [0.1, 0.15) is 76.6 Å². The molecule has 1 aromatic heterocycles. The topological polar surface area (TPSA) is 106 Å². The van der Waals surface area contributed by atoms with Crippen molar-refractivity contribution in [3.63, 3.8) is 0 Å². The molecule has 7 heteroatoms. The summed E-state index contributed by atoms with van der Waals surface area (Å²) in [4.78, 5) is 28.0. The number of ether oxygens (including phenoxy) is 1. The summed E-state index contributed by atoms with van der Waals surface area (Å²) in [5, 5.41) is 6.17. The van der Waals surface area contributed by atoms with Gasteiger partial charge in [-0.3, -0.25) is 4.79 Å². The van der Waals surface area contributed by atoms with E-state index in [1.807, 2.05) is 0 Å². The smallest absolute Gasteiger partial charge is 0.315 e. The molecule has 0 radical (unpaired) electrons. The molecule has 0 bridgehead atoms. The van der Waals surface area contributed by atoms with E-state index in [0.29, 0.717) is 29.2 Å². The highest BCUT2D eigenvalue weighted by Gasteiger charge is 2.25. The van der Waals surface area contributed by atoms with Crippen LogP contribution in [0.3, 0.4) is 0 Å². The zero-order valence-electron chi connectivity index (χ0n) is 18.8. The largest absolute Gasteiger partial charge is 0.474 e. The van der Waals surface area contributed by atoms with E-state index in [1.54, 1.807) is 18.3 Å². The third kappa shape index (κ3) is 8.20. The van der Waals surface area contributed by atoms with Gasteiger partial charge in [0.25, 0.3) is 5.91 Å². The Bertz CT molecular complexity index is 675. The van der Waals surface area contributed by atoms with Gasteiger partial charge in [0.1, 0.15) is 11.7 Å². The number of nitrogens with one attached hydrogen (secondary N) is 2. The first-order chi connectivity index (χ1) is 14.2. The molecule has 0 unspecified atom stereocenters. The Hall–Kier alpha value is -2.31. The summed E-state index contributed by atoms with van der Waals surface area (Å²) in [6.07, 6.45) is 7.07. The third-order valence-electron chi connectivity index (χ3n) is 5.49. The normalized spacial score (nSPS) is 19.2. The predicted octanol–water partition coefficient (Wildman–Crippen LogP) is 3.88. The van der Waals surface area contributed by atoms with Gasteiger partial charge in [0.05, 0.1) is 0 Å². The van der Waals surface area contributed by atoms with Gasteiger partial charge in [-0.05, 0) is 68.4 Å². The van der Waals surface area contributed by atoms with Crippen LogP contribution in [0.15, 0.2) is 18.3 Å². The number of aromatic nitrogens is 1. The van der Waals surface area contributed by atoms with Crippen molar-refractivity contribution in [1.82, 2.24) is 15.6 Å². The monoisotopic (exact) mass is 418 g/mol. The molecule has 0 aliphatic heterocycles. The van der Waals surface area contributed by atoms with Crippen molar-refractivity contribution < 1.29 is 14.3 Å². The lowest BCUT2D eigenvalue weighted by atomic mass is 9.89. The quantitative estimate of drug-likeness (QED) is 0.536. The molecular weight excluding hydrogens is 380 g/mol. The molecule has 4 N–H and O–H groups in total. The average Bonchev–Trinajstić information content (AvgIpc) is 2.67. The van der Waals surface area contributed by atoms with Crippen LogP contribution < -0.4 is 21.1 Å². The molecule has 0 saturated heterocycles. The van der Waals surface area contributed by atoms with E-state index < -0.39 is 5.91 Å². The van der Waals surface area contributed by atoms with Gasteiger partial charge in [-0.2, -0.15) is 0 Å². The van der Waals surface area contributed by atoms with E-state index in [9.17, 15) is 9.59 Å². The maximum absolute atomic E-state index is 12.4. The van der Waals surface area contributed by atoms with E-state index >= 15 is 0 Å². The van der Waals surface area contributed by atoms with Gasteiger partial charge in [-0.25, -0.2) is 9.78 Å². The minimum absolute atomic E-state index is 0.0272. The van der Waals surface area contributed by atoms with Crippen molar-refractivity contribution in [2.24, 2.45) is 23.5 Å². The van der Waals surface area contributed by atoms with Crippen molar-refractivity contribution in [1.29, 1.82) is 0 Å². The molecule has 7 nitrogen and oxygen atoms in total. The second-order valence-corrected chi connectivity index (χ2v) is 9.29. The van der Waals surface area contributed by atoms with Crippen LogP contribution in [-0.4, -0.2) is 35.6 Å². The zero-order valence-corrected chi connectivity index (χ0v) is 18.8. The van der Waals surface area contributed by atoms with Crippen molar-refractivity contribution >= 4 is 11.9 Å². The summed E-state index contributed by atoms with van der Waals surface area (Å²) < 4.78 is 5.91.